The first-order valence-corrected chi connectivity index (χ1v) is 5.68. The third-order valence-electron chi connectivity index (χ3n) is 2.14. The zero-order chi connectivity index (χ0) is 11.7. The number of hydrogen-bond donors (Lipinski definition) is 2. The highest BCUT2D eigenvalue weighted by Gasteiger charge is 2.14. The van der Waals surface area contributed by atoms with E-state index in [1.165, 1.54) is 18.2 Å². The second-order valence-electron chi connectivity index (χ2n) is 3.18. The molecular weight excluding hydrogens is 296 g/mol. The van der Waals surface area contributed by atoms with Gasteiger partial charge in [-0.3, -0.25) is 0 Å². The molecule has 84 valence electrons. The molecule has 16 heavy (non-hydrogen) atoms. The SMILES string of the molecule is NCc1[nH]c(Br)nc1-c1cc(Cl)ccc1F. The Kier molecular flexibility index (Phi) is 3.28. The summed E-state index contributed by atoms with van der Waals surface area (Å²) in [5.41, 5.74) is 7.03. The number of nitrogens with two attached hydrogens (primary N) is 1. The number of benzene rings is 1. The Hall–Kier alpha value is -0.910. The Morgan fingerprint density at radius 1 is 1.50 bits per heavy atom. The highest BCUT2D eigenvalue weighted by Crippen LogP contribution is 2.28. The van der Waals surface area contributed by atoms with Crippen LogP contribution in [0.2, 0.25) is 5.02 Å². The molecule has 0 bridgehead atoms. The summed E-state index contributed by atoms with van der Waals surface area (Å²) in [6, 6.07) is 4.32. The molecule has 1 aromatic heterocycles. The second-order valence-corrected chi connectivity index (χ2v) is 4.37. The summed E-state index contributed by atoms with van der Waals surface area (Å²) in [7, 11) is 0. The Bertz CT molecular complexity index is 527. The maximum absolute atomic E-state index is 13.6. The first kappa shape index (κ1) is 11.6. The average molecular weight is 305 g/mol. The molecule has 0 unspecified atom stereocenters. The van der Waals surface area contributed by atoms with E-state index in [-0.39, 0.29) is 12.4 Å². The Morgan fingerprint density at radius 2 is 2.25 bits per heavy atom. The maximum Gasteiger partial charge on any atom is 0.175 e. The van der Waals surface area contributed by atoms with Crippen LogP contribution >= 0.6 is 27.5 Å². The highest BCUT2D eigenvalue weighted by molar-refractivity contribution is 9.10. The summed E-state index contributed by atoms with van der Waals surface area (Å²) in [6.07, 6.45) is 0. The van der Waals surface area contributed by atoms with Crippen LogP contribution in [0.4, 0.5) is 4.39 Å². The zero-order valence-electron chi connectivity index (χ0n) is 8.10. The van der Waals surface area contributed by atoms with Crippen molar-refractivity contribution in [1.29, 1.82) is 0 Å². The lowest BCUT2D eigenvalue weighted by molar-refractivity contribution is 0.630. The van der Waals surface area contributed by atoms with E-state index in [2.05, 4.69) is 25.9 Å². The van der Waals surface area contributed by atoms with E-state index in [9.17, 15) is 4.39 Å². The number of rotatable bonds is 2. The average Bonchev–Trinajstić information content (AvgIpc) is 2.63. The summed E-state index contributed by atoms with van der Waals surface area (Å²) in [5.74, 6) is -0.377. The smallest absolute Gasteiger partial charge is 0.175 e. The van der Waals surface area contributed by atoms with Crippen LogP contribution in [0.3, 0.4) is 0 Å². The van der Waals surface area contributed by atoms with Gasteiger partial charge in [-0.2, -0.15) is 0 Å². The maximum atomic E-state index is 13.6. The van der Waals surface area contributed by atoms with Crippen molar-refractivity contribution in [3.8, 4) is 11.3 Å². The van der Waals surface area contributed by atoms with E-state index in [1.54, 1.807) is 0 Å². The first-order valence-electron chi connectivity index (χ1n) is 4.51. The standard InChI is InChI=1S/C10H8BrClFN3/c11-10-15-8(4-14)9(16-10)6-3-5(12)1-2-7(6)13/h1-3H,4,14H2,(H,15,16). The van der Waals surface area contributed by atoms with Gasteiger partial charge in [0.25, 0.3) is 0 Å². The molecule has 0 aliphatic heterocycles. The Morgan fingerprint density at radius 3 is 2.94 bits per heavy atom. The van der Waals surface area contributed by atoms with E-state index in [1.807, 2.05) is 0 Å². The fourth-order valence-electron chi connectivity index (χ4n) is 1.43. The van der Waals surface area contributed by atoms with E-state index < -0.39 is 0 Å². The van der Waals surface area contributed by atoms with Gasteiger partial charge >= 0.3 is 0 Å². The number of aromatic amines is 1. The Labute approximate surface area is 105 Å². The molecule has 0 saturated heterocycles. The fraction of sp³-hybridized carbons (Fsp3) is 0.100. The minimum Gasteiger partial charge on any atom is -0.335 e. The molecule has 6 heteroatoms. The van der Waals surface area contributed by atoms with Crippen LogP contribution in [0.15, 0.2) is 22.9 Å². The van der Waals surface area contributed by atoms with Gasteiger partial charge in [0.05, 0.1) is 11.4 Å². The first-order chi connectivity index (χ1) is 7.61. The minimum atomic E-state index is -0.377. The van der Waals surface area contributed by atoms with Crippen molar-refractivity contribution in [2.24, 2.45) is 5.73 Å². The van der Waals surface area contributed by atoms with Gasteiger partial charge in [0.2, 0.25) is 0 Å². The lowest BCUT2D eigenvalue weighted by Gasteiger charge is -2.02. The number of aromatic nitrogens is 2. The van der Waals surface area contributed by atoms with Crippen molar-refractivity contribution < 1.29 is 4.39 Å². The largest absolute Gasteiger partial charge is 0.335 e. The van der Waals surface area contributed by atoms with Gasteiger partial charge < -0.3 is 10.7 Å². The molecular formula is C10H8BrClFN3. The van der Waals surface area contributed by atoms with Crippen molar-refractivity contribution in [2.75, 3.05) is 0 Å². The third-order valence-corrected chi connectivity index (χ3v) is 2.75. The van der Waals surface area contributed by atoms with Crippen LogP contribution in [-0.2, 0) is 6.54 Å². The number of halogens is 3. The number of nitrogens with zero attached hydrogens (tertiary/aromatic N) is 1. The van der Waals surface area contributed by atoms with Gasteiger partial charge in [-0.1, -0.05) is 11.6 Å². The number of nitrogens with one attached hydrogen (secondary N) is 1. The van der Waals surface area contributed by atoms with E-state index >= 15 is 0 Å². The van der Waals surface area contributed by atoms with Crippen LogP contribution in [0.5, 0.6) is 0 Å². The summed E-state index contributed by atoms with van der Waals surface area (Å²) in [6.45, 7) is 0.250. The lowest BCUT2D eigenvalue weighted by Crippen LogP contribution is -1.99. The molecule has 0 saturated carbocycles. The molecule has 0 aliphatic carbocycles. The zero-order valence-corrected chi connectivity index (χ0v) is 10.4. The molecule has 3 N–H and O–H groups in total. The lowest BCUT2D eigenvalue weighted by atomic mass is 10.1. The predicted molar refractivity (Wildman–Crippen MR) is 64.6 cm³/mol. The van der Waals surface area contributed by atoms with Crippen LogP contribution in [0.25, 0.3) is 11.3 Å². The molecule has 0 aliphatic rings. The molecule has 1 aromatic carbocycles. The molecule has 2 rings (SSSR count). The third kappa shape index (κ3) is 2.11. The van der Waals surface area contributed by atoms with Crippen LogP contribution in [-0.4, -0.2) is 9.97 Å². The van der Waals surface area contributed by atoms with Gasteiger partial charge in [-0.25, -0.2) is 9.37 Å². The molecule has 1 heterocycles. The van der Waals surface area contributed by atoms with Crippen LogP contribution in [0, 0.1) is 5.82 Å². The predicted octanol–water partition coefficient (Wildman–Crippen LogP) is 3.09. The van der Waals surface area contributed by atoms with Crippen molar-refractivity contribution in [1.82, 2.24) is 9.97 Å². The van der Waals surface area contributed by atoms with Crippen LogP contribution < -0.4 is 5.73 Å². The number of hydrogen-bond acceptors (Lipinski definition) is 2. The fourth-order valence-corrected chi connectivity index (χ4v) is 2.02. The van der Waals surface area contributed by atoms with E-state index in [0.29, 0.717) is 26.7 Å². The Balaban J connectivity index is 2.61. The summed E-state index contributed by atoms with van der Waals surface area (Å²) < 4.78 is 14.1. The van der Waals surface area contributed by atoms with E-state index in [0.717, 1.165) is 0 Å². The molecule has 2 aromatic rings. The second kappa shape index (κ2) is 4.53. The number of H-pyrrole nitrogens is 1. The molecule has 0 radical (unpaired) electrons. The summed E-state index contributed by atoms with van der Waals surface area (Å²) in [5, 5.41) is 0.457. The normalized spacial score (nSPS) is 10.8. The minimum absolute atomic E-state index is 0.250. The van der Waals surface area contributed by atoms with Crippen molar-refractivity contribution in [2.45, 2.75) is 6.54 Å². The van der Waals surface area contributed by atoms with Gasteiger partial charge in [0, 0.05) is 17.1 Å². The molecule has 0 atom stereocenters. The molecule has 0 spiro atoms. The van der Waals surface area contributed by atoms with Crippen molar-refractivity contribution >= 4 is 27.5 Å². The van der Waals surface area contributed by atoms with Gasteiger partial charge in [0.15, 0.2) is 4.73 Å². The van der Waals surface area contributed by atoms with E-state index in [4.69, 9.17) is 17.3 Å². The monoisotopic (exact) mass is 303 g/mol. The molecule has 0 amide bonds. The van der Waals surface area contributed by atoms with Gasteiger partial charge in [0.1, 0.15) is 5.82 Å². The van der Waals surface area contributed by atoms with Gasteiger partial charge in [-0.15, -0.1) is 0 Å². The molecule has 3 nitrogen and oxygen atoms in total. The number of imidazole rings is 1. The topological polar surface area (TPSA) is 54.7 Å². The highest BCUT2D eigenvalue weighted by atomic mass is 79.9. The van der Waals surface area contributed by atoms with Crippen molar-refractivity contribution in [3.05, 3.63) is 39.5 Å². The molecule has 0 fully saturated rings. The van der Waals surface area contributed by atoms with Crippen molar-refractivity contribution in [3.63, 3.8) is 0 Å². The summed E-state index contributed by atoms with van der Waals surface area (Å²) in [4.78, 5) is 7.05. The van der Waals surface area contributed by atoms with Crippen LogP contribution in [0.1, 0.15) is 5.69 Å². The van der Waals surface area contributed by atoms with Gasteiger partial charge in [-0.05, 0) is 34.1 Å². The summed E-state index contributed by atoms with van der Waals surface area (Å²) >= 11 is 9.01. The quantitative estimate of drug-likeness (QED) is 0.896.